The SMILES string of the molecule is COc1ccccc1NC(=O)N1CCC(c2nc3ccncc3n2C(C)C)C1. The van der Waals surface area contributed by atoms with E-state index in [1.54, 1.807) is 13.3 Å². The summed E-state index contributed by atoms with van der Waals surface area (Å²) in [5.41, 5.74) is 2.68. The molecule has 7 heteroatoms. The van der Waals surface area contributed by atoms with E-state index in [4.69, 9.17) is 9.72 Å². The summed E-state index contributed by atoms with van der Waals surface area (Å²) >= 11 is 0. The molecule has 1 unspecified atom stereocenters. The molecule has 2 aromatic heterocycles. The van der Waals surface area contributed by atoms with Crippen molar-refractivity contribution in [2.75, 3.05) is 25.5 Å². The number of rotatable bonds is 4. The van der Waals surface area contributed by atoms with Crippen LogP contribution >= 0.6 is 0 Å². The van der Waals surface area contributed by atoms with E-state index >= 15 is 0 Å². The number of carbonyl (C=O) groups excluding carboxylic acids is 1. The van der Waals surface area contributed by atoms with Crippen molar-refractivity contribution in [1.82, 2.24) is 19.4 Å². The normalized spacial score (nSPS) is 16.7. The number of nitrogens with zero attached hydrogens (tertiary/aromatic N) is 4. The lowest BCUT2D eigenvalue weighted by molar-refractivity contribution is 0.221. The third-order valence-electron chi connectivity index (χ3n) is 5.22. The van der Waals surface area contributed by atoms with E-state index in [0.717, 1.165) is 23.3 Å². The van der Waals surface area contributed by atoms with Gasteiger partial charge in [0.15, 0.2) is 0 Å². The van der Waals surface area contributed by atoms with Crippen molar-refractivity contribution < 1.29 is 9.53 Å². The summed E-state index contributed by atoms with van der Waals surface area (Å²) in [4.78, 5) is 23.7. The van der Waals surface area contributed by atoms with Crippen molar-refractivity contribution in [3.63, 3.8) is 0 Å². The van der Waals surface area contributed by atoms with Crippen LogP contribution in [0.3, 0.4) is 0 Å². The van der Waals surface area contributed by atoms with Gasteiger partial charge in [-0.15, -0.1) is 0 Å². The molecule has 1 saturated heterocycles. The maximum absolute atomic E-state index is 12.8. The standard InChI is InChI=1S/C21H25N5O2/c1-14(2)26-18-12-22-10-8-16(18)23-20(26)15-9-11-25(13-15)21(27)24-17-6-4-5-7-19(17)28-3/h4-8,10,12,14-15H,9,11,13H2,1-3H3,(H,24,27). The summed E-state index contributed by atoms with van der Waals surface area (Å²) in [6, 6.07) is 9.55. The van der Waals surface area contributed by atoms with Gasteiger partial charge in [-0.1, -0.05) is 12.1 Å². The lowest BCUT2D eigenvalue weighted by atomic mass is 10.1. The highest BCUT2D eigenvalue weighted by molar-refractivity contribution is 5.91. The van der Waals surface area contributed by atoms with Gasteiger partial charge in [-0.3, -0.25) is 4.98 Å². The molecule has 1 aromatic carbocycles. The van der Waals surface area contributed by atoms with Crippen molar-refractivity contribution in [2.45, 2.75) is 32.2 Å². The predicted octanol–water partition coefficient (Wildman–Crippen LogP) is 4.04. The van der Waals surface area contributed by atoms with Gasteiger partial charge in [0, 0.05) is 31.2 Å². The van der Waals surface area contributed by atoms with Crippen LogP contribution in [0.25, 0.3) is 11.0 Å². The van der Waals surface area contributed by atoms with Crippen LogP contribution in [-0.2, 0) is 0 Å². The number of ether oxygens (including phenoxy) is 1. The Kier molecular flexibility index (Phi) is 4.90. The number of para-hydroxylation sites is 2. The summed E-state index contributed by atoms with van der Waals surface area (Å²) in [5.74, 6) is 1.89. The number of likely N-dealkylation sites (tertiary alicyclic amines) is 1. The number of benzene rings is 1. The first-order chi connectivity index (χ1) is 13.6. The molecule has 146 valence electrons. The minimum Gasteiger partial charge on any atom is -0.495 e. The van der Waals surface area contributed by atoms with Gasteiger partial charge in [-0.05, 0) is 38.5 Å². The van der Waals surface area contributed by atoms with Crippen molar-refractivity contribution in [3.05, 3.63) is 48.5 Å². The maximum Gasteiger partial charge on any atom is 0.321 e. The zero-order valence-electron chi connectivity index (χ0n) is 16.4. The number of amides is 2. The molecule has 28 heavy (non-hydrogen) atoms. The summed E-state index contributed by atoms with van der Waals surface area (Å²) in [6.45, 7) is 5.65. The minimum absolute atomic E-state index is 0.110. The molecule has 0 radical (unpaired) electrons. The molecule has 1 aliphatic heterocycles. The average molecular weight is 379 g/mol. The highest BCUT2D eigenvalue weighted by Gasteiger charge is 2.31. The second kappa shape index (κ2) is 7.50. The summed E-state index contributed by atoms with van der Waals surface area (Å²) < 4.78 is 7.57. The third kappa shape index (κ3) is 3.28. The zero-order valence-corrected chi connectivity index (χ0v) is 16.4. The number of anilines is 1. The molecule has 0 spiro atoms. The number of aromatic nitrogens is 3. The first kappa shape index (κ1) is 18.3. The quantitative estimate of drug-likeness (QED) is 0.742. The molecule has 0 saturated carbocycles. The van der Waals surface area contributed by atoms with E-state index in [2.05, 4.69) is 28.7 Å². The summed E-state index contributed by atoms with van der Waals surface area (Å²) in [5, 5.41) is 2.96. The smallest absolute Gasteiger partial charge is 0.321 e. The number of imidazole rings is 1. The molecule has 3 heterocycles. The van der Waals surface area contributed by atoms with E-state index < -0.39 is 0 Å². The van der Waals surface area contributed by atoms with Crippen LogP contribution in [0.15, 0.2) is 42.7 Å². The molecular formula is C21H25N5O2. The monoisotopic (exact) mass is 379 g/mol. The molecule has 3 aromatic rings. The second-order valence-corrected chi connectivity index (χ2v) is 7.36. The Balaban J connectivity index is 1.54. The zero-order chi connectivity index (χ0) is 19.7. The molecule has 4 rings (SSSR count). The largest absolute Gasteiger partial charge is 0.495 e. The first-order valence-electron chi connectivity index (χ1n) is 9.59. The van der Waals surface area contributed by atoms with Crippen molar-refractivity contribution >= 4 is 22.8 Å². The minimum atomic E-state index is -0.110. The Morgan fingerprint density at radius 1 is 1.29 bits per heavy atom. The Morgan fingerprint density at radius 2 is 2.11 bits per heavy atom. The van der Waals surface area contributed by atoms with Gasteiger partial charge in [0.2, 0.25) is 0 Å². The third-order valence-corrected chi connectivity index (χ3v) is 5.22. The molecule has 2 amide bonds. The molecule has 0 aliphatic carbocycles. The van der Waals surface area contributed by atoms with Crippen LogP contribution in [-0.4, -0.2) is 45.7 Å². The fourth-order valence-corrected chi connectivity index (χ4v) is 3.89. The van der Waals surface area contributed by atoms with E-state index in [1.807, 2.05) is 41.4 Å². The molecule has 1 fully saturated rings. The summed E-state index contributed by atoms with van der Waals surface area (Å²) in [6.07, 6.45) is 4.53. The number of methoxy groups -OCH3 is 1. The lowest BCUT2D eigenvalue weighted by Gasteiger charge is -2.19. The molecule has 1 aliphatic rings. The number of urea groups is 1. The van der Waals surface area contributed by atoms with Crippen LogP contribution in [0.4, 0.5) is 10.5 Å². The van der Waals surface area contributed by atoms with E-state index in [9.17, 15) is 4.79 Å². The van der Waals surface area contributed by atoms with Crippen LogP contribution < -0.4 is 10.1 Å². The second-order valence-electron chi connectivity index (χ2n) is 7.36. The van der Waals surface area contributed by atoms with Crippen LogP contribution in [0, 0.1) is 0 Å². The lowest BCUT2D eigenvalue weighted by Crippen LogP contribution is -2.33. The van der Waals surface area contributed by atoms with E-state index in [1.165, 1.54) is 0 Å². The molecule has 0 bridgehead atoms. The van der Waals surface area contributed by atoms with Gasteiger partial charge in [-0.2, -0.15) is 0 Å². The van der Waals surface area contributed by atoms with Gasteiger partial charge in [0.05, 0.1) is 30.0 Å². The maximum atomic E-state index is 12.8. The molecule has 7 nitrogen and oxygen atoms in total. The average Bonchev–Trinajstić information content (AvgIpc) is 3.33. The van der Waals surface area contributed by atoms with Gasteiger partial charge in [0.1, 0.15) is 11.6 Å². The highest BCUT2D eigenvalue weighted by atomic mass is 16.5. The van der Waals surface area contributed by atoms with Crippen molar-refractivity contribution in [3.8, 4) is 5.75 Å². The molecule has 1 atom stereocenters. The number of nitrogens with one attached hydrogen (secondary N) is 1. The Bertz CT molecular complexity index is 997. The molecule has 1 N–H and O–H groups in total. The predicted molar refractivity (Wildman–Crippen MR) is 109 cm³/mol. The Hall–Kier alpha value is -3.09. The van der Waals surface area contributed by atoms with Crippen molar-refractivity contribution in [2.24, 2.45) is 0 Å². The number of carbonyl (C=O) groups is 1. The highest BCUT2D eigenvalue weighted by Crippen LogP contribution is 2.32. The number of fused-ring (bicyclic) bond motifs is 1. The van der Waals surface area contributed by atoms with Crippen LogP contribution in [0.1, 0.15) is 38.1 Å². The number of pyridine rings is 1. The fraction of sp³-hybridized carbons (Fsp3) is 0.381. The number of hydrogen-bond donors (Lipinski definition) is 1. The number of hydrogen-bond acceptors (Lipinski definition) is 4. The van der Waals surface area contributed by atoms with Gasteiger partial charge in [-0.25, -0.2) is 9.78 Å². The fourth-order valence-electron chi connectivity index (χ4n) is 3.89. The van der Waals surface area contributed by atoms with Gasteiger partial charge < -0.3 is 19.5 Å². The van der Waals surface area contributed by atoms with Crippen LogP contribution in [0.5, 0.6) is 5.75 Å². The topological polar surface area (TPSA) is 72.3 Å². The van der Waals surface area contributed by atoms with Gasteiger partial charge >= 0.3 is 6.03 Å². The van der Waals surface area contributed by atoms with Crippen molar-refractivity contribution in [1.29, 1.82) is 0 Å². The Morgan fingerprint density at radius 3 is 2.89 bits per heavy atom. The van der Waals surface area contributed by atoms with Crippen LogP contribution in [0.2, 0.25) is 0 Å². The summed E-state index contributed by atoms with van der Waals surface area (Å²) in [7, 11) is 1.60. The Labute approximate surface area is 164 Å². The van der Waals surface area contributed by atoms with E-state index in [0.29, 0.717) is 24.5 Å². The first-order valence-corrected chi connectivity index (χ1v) is 9.59. The van der Waals surface area contributed by atoms with Gasteiger partial charge in [0.25, 0.3) is 0 Å². The van der Waals surface area contributed by atoms with E-state index in [-0.39, 0.29) is 18.0 Å². The molecular weight excluding hydrogens is 354 g/mol.